The number of hydrogen-bond donors (Lipinski definition) is 1. The number of benzene rings is 1. The molecule has 2 rings (SSSR count). The molecule has 1 unspecified atom stereocenters. The van der Waals surface area contributed by atoms with Gasteiger partial charge in [-0.05, 0) is 48.0 Å². The van der Waals surface area contributed by atoms with Crippen molar-refractivity contribution in [3.8, 4) is 10.6 Å². The minimum Gasteiger partial charge on any atom is -0.388 e. The first-order valence-electron chi connectivity index (χ1n) is 5.10. The Bertz CT molecular complexity index is 553. The van der Waals surface area contributed by atoms with Gasteiger partial charge in [0.05, 0.1) is 16.7 Å². The monoisotopic (exact) mass is 315 g/mol. The van der Waals surface area contributed by atoms with Crippen LogP contribution in [0, 0.1) is 12.7 Å². The quantitative estimate of drug-likeness (QED) is 0.906. The summed E-state index contributed by atoms with van der Waals surface area (Å²) in [5.74, 6) is -0.287. The summed E-state index contributed by atoms with van der Waals surface area (Å²) in [6, 6.07) is 4.50. The van der Waals surface area contributed by atoms with E-state index >= 15 is 0 Å². The summed E-state index contributed by atoms with van der Waals surface area (Å²) in [6.07, 6.45) is -0.527. The first kappa shape index (κ1) is 12.7. The molecular weight excluding hydrogens is 305 g/mol. The largest absolute Gasteiger partial charge is 0.388 e. The van der Waals surface area contributed by atoms with Crippen molar-refractivity contribution in [1.82, 2.24) is 4.98 Å². The summed E-state index contributed by atoms with van der Waals surface area (Å²) in [5.41, 5.74) is 1.66. The smallest absolute Gasteiger partial charge is 0.125 e. The summed E-state index contributed by atoms with van der Waals surface area (Å²) in [7, 11) is 0. The molecule has 1 atom stereocenters. The average molecular weight is 316 g/mol. The molecule has 0 fully saturated rings. The van der Waals surface area contributed by atoms with E-state index < -0.39 is 6.10 Å². The third-order valence-electron chi connectivity index (χ3n) is 2.37. The van der Waals surface area contributed by atoms with Gasteiger partial charge >= 0.3 is 0 Å². The molecule has 0 radical (unpaired) electrons. The fraction of sp³-hybridized carbons (Fsp3) is 0.250. The van der Waals surface area contributed by atoms with E-state index in [4.69, 9.17) is 0 Å². The number of rotatable bonds is 2. The van der Waals surface area contributed by atoms with Gasteiger partial charge in [-0.1, -0.05) is 0 Å². The Morgan fingerprint density at radius 1 is 1.47 bits per heavy atom. The fourth-order valence-electron chi connectivity index (χ4n) is 1.57. The van der Waals surface area contributed by atoms with Gasteiger partial charge in [-0.3, -0.25) is 0 Å². The third kappa shape index (κ3) is 2.56. The number of aromatic nitrogens is 1. The Hall–Kier alpha value is -0.780. The molecule has 0 spiro atoms. The van der Waals surface area contributed by atoms with Gasteiger partial charge in [-0.15, -0.1) is 11.3 Å². The zero-order valence-corrected chi connectivity index (χ0v) is 11.8. The van der Waals surface area contributed by atoms with Gasteiger partial charge in [0.15, 0.2) is 0 Å². The zero-order chi connectivity index (χ0) is 12.6. The Balaban J connectivity index is 2.50. The van der Waals surface area contributed by atoms with Gasteiger partial charge in [-0.25, -0.2) is 9.37 Å². The lowest BCUT2D eigenvalue weighted by Gasteiger charge is -2.00. The third-order valence-corrected chi connectivity index (χ3v) is 4.39. The maximum Gasteiger partial charge on any atom is 0.125 e. The number of thiazole rings is 1. The molecule has 5 heteroatoms. The van der Waals surface area contributed by atoms with Crippen molar-refractivity contribution in [2.75, 3.05) is 0 Å². The molecule has 1 N–H and O–H groups in total. The average Bonchev–Trinajstić information content (AvgIpc) is 2.60. The molecule has 0 saturated carbocycles. The molecule has 0 saturated heterocycles. The molecule has 17 heavy (non-hydrogen) atoms. The first-order valence-corrected chi connectivity index (χ1v) is 6.71. The van der Waals surface area contributed by atoms with Crippen molar-refractivity contribution in [3.05, 3.63) is 39.1 Å². The minimum absolute atomic E-state index is 0.287. The molecule has 0 aliphatic rings. The van der Waals surface area contributed by atoms with E-state index in [2.05, 4.69) is 20.9 Å². The van der Waals surface area contributed by atoms with Crippen molar-refractivity contribution in [1.29, 1.82) is 0 Å². The van der Waals surface area contributed by atoms with Crippen LogP contribution in [0.3, 0.4) is 0 Å². The molecule has 0 aliphatic heterocycles. The number of nitrogens with zero attached hydrogens (tertiary/aromatic N) is 1. The molecule has 0 amide bonds. The highest BCUT2D eigenvalue weighted by Crippen LogP contribution is 2.35. The van der Waals surface area contributed by atoms with E-state index in [0.717, 1.165) is 21.1 Å². The molecule has 0 aliphatic carbocycles. The minimum atomic E-state index is -0.527. The van der Waals surface area contributed by atoms with Crippen molar-refractivity contribution < 1.29 is 9.50 Å². The van der Waals surface area contributed by atoms with Gasteiger partial charge < -0.3 is 5.11 Å². The van der Waals surface area contributed by atoms with Crippen molar-refractivity contribution in [2.45, 2.75) is 20.0 Å². The first-order chi connectivity index (χ1) is 7.99. The summed E-state index contributed by atoms with van der Waals surface area (Å²) >= 11 is 4.75. The second-order valence-corrected chi connectivity index (χ2v) is 5.65. The SMILES string of the molecule is Cc1nc(-c2ccc(F)cc2Br)sc1C(C)O. The van der Waals surface area contributed by atoms with Crippen molar-refractivity contribution >= 4 is 27.3 Å². The number of aliphatic hydroxyl groups excluding tert-OH is 1. The van der Waals surface area contributed by atoms with Crippen molar-refractivity contribution in [2.24, 2.45) is 0 Å². The molecule has 0 bridgehead atoms. The van der Waals surface area contributed by atoms with E-state index in [-0.39, 0.29) is 5.82 Å². The van der Waals surface area contributed by atoms with Crippen LogP contribution in [-0.2, 0) is 0 Å². The summed E-state index contributed by atoms with van der Waals surface area (Å²) in [5, 5.41) is 10.4. The molecule has 90 valence electrons. The summed E-state index contributed by atoms with van der Waals surface area (Å²) in [6.45, 7) is 3.57. The lowest BCUT2D eigenvalue weighted by atomic mass is 10.2. The number of halogens is 2. The van der Waals surface area contributed by atoms with Crippen molar-refractivity contribution in [3.63, 3.8) is 0 Å². The van der Waals surface area contributed by atoms with E-state index in [9.17, 15) is 9.50 Å². The Kier molecular flexibility index (Phi) is 3.61. The predicted molar refractivity (Wildman–Crippen MR) is 70.6 cm³/mol. The highest BCUT2D eigenvalue weighted by atomic mass is 79.9. The molecule has 1 aromatic heterocycles. The topological polar surface area (TPSA) is 33.1 Å². The van der Waals surface area contributed by atoms with Crippen LogP contribution in [-0.4, -0.2) is 10.1 Å². The summed E-state index contributed by atoms with van der Waals surface area (Å²) < 4.78 is 13.7. The predicted octanol–water partition coefficient (Wildman–Crippen LogP) is 4.07. The van der Waals surface area contributed by atoms with Crippen LogP contribution in [0.5, 0.6) is 0 Å². The Morgan fingerprint density at radius 3 is 2.71 bits per heavy atom. The summed E-state index contributed by atoms with van der Waals surface area (Å²) in [4.78, 5) is 5.24. The van der Waals surface area contributed by atoms with Crippen LogP contribution in [0.2, 0.25) is 0 Å². The molecular formula is C12H11BrFNOS. The van der Waals surface area contributed by atoms with Gasteiger partial charge in [-0.2, -0.15) is 0 Å². The second-order valence-electron chi connectivity index (χ2n) is 3.77. The fourth-order valence-corrected chi connectivity index (χ4v) is 3.29. The molecule has 2 aromatic rings. The van der Waals surface area contributed by atoms with Crippen LogP contribution in [0.15, 0.2) is 22.7 Å². The molecule has 1 aromatic carbocycles. The van der Waals surface area contributed by atoms with Gasteiger partial charge in [0.25, 0.3) is 0 Å². The van der Waals surface area contributed by atoms with E-state index in [0.29, 0.717) is 4.47 Å². The Labute approximate surface area is 111 Å². The van der Waals surface area contributed by atoms with E-state index in [1.165, 1.54) is 23.5 Å². The van der Waals surface area contributed by atoms with Crippen LogP contribution in [0.25, 0.3) is 10.6 Å². The van der Waals surface area contributed by atoms with Gasteiger partial charge in [0, 0.05) is 10.0 Å². The highest BCUT2D eigenvalue weighted by molar-refractivity contribution is 9.10. The maximum absolute atomic E-state index is 13.0. The zero-order valence-electron chi connectivity index (χ0n) is 9.37. The van der Waals surface area contributed by atoms with Gasteiger partial charge in [0.2, 0.25) is 0 Å². The normalized spacial score (nSPS) is 12.8. The maximum atomic E-state index is 13.0. The molecule has 1 heterocycles. The number of aliphatic hydroxyl groups is 1. The standard InChI is InChI=1S/C12H11BrFNOS/c1-6-11(7(2)16)17-12(15-6)9-4-3-8(14)5-10(9)13/h3-5,7,16H,1-2H3. The second kappa shape index (κ2) is 4.84. The van der Waals surface area contributed by atoms with Crippen LogP contribution in [0.4, 0.5) is 4.39 Å². The number of aryl methyl sites for hydroxylation is 1. The number of hydrogen-bond acceptors (Lipinski definition) is 3. The van der Waals surface area contributed by atoms with Crippen LogP contribution in [0.1, 0.15) is 23.6 Å². The Morgan fingerprint density at radius 2 is 2.18 bits per heavy atom. The lowest BCUT2D eigenvalue weighted by Crippen LogP contribution is -1.88. The van der Waals surface area contributed by atoms with Gasteiger partial charge in [0.1, 0.15) is 10.8 Å². The molecule has 2 nitrogen and oxygen atoms in total. The van der Waals surface area contributed by atoms with Crippen LogP contribution < -0.4 is 0 Å². The van der Waals surface area contributed by atoms with Crippen LogP contribution >= 0.6 is 27.3 Å². The lowest BCUT2D eigenvalue weighted by molar-refractivity contribution is 0.202. The van der Waals surface area contributed by atoms with E-state index in [1.54, 1.807) is 13.0 Å². The highest BCUT2D eigenvalue weighted by Gasteiger charge is 2.15. The van der Waals surface area contributed by atoms with E-state index in [1.807, 2.05) is 6.92 Å².